The van der Waals surface area contributed by atoms with Crippen molar-refractivity contribution in [3.05, 3.63) is 28.2 Å². The molecule has 0 saturated heterocycles. The number of rotatable bonds is 6. The third-order valence-electron chi connectivity index (χ3n) is 2.48. The SMILES string of the molecule is CC(=O)NCCN(C)CC(=O)Nc1ccc(Cl)c(Cl)c1. The van der Waals surface area contributed by atoms with E-state index in [9.17, 15) is 9.59 Å². The van der Waals surface area contributed by atoms with Crippen molar-refractivity contribution < 1.29 is 9.59 Å². The van der Waals surface area contributed by atoms with Crippen LogP contribution in [0.5, 0.6) is 0 Å². The summed E-state index contributed by atoms with van der Waals surface area (Å²) >= 11 is 11.7. The van der Waals surface area contributed by atoms with Gasteiger partial charge in [0.25, 0.3) is 0 Å². The van der Waals surface area contributed by atoms with E-state index >= 15 is 0 Å². The normalized spacial score (nSPS) is 10.4. The molecular weight excluding hydrogens is 301 g/mol. The van der Waals surface area contributed by atoms with E-state index in [2.05, 4.69) is 10.6 Å². The van der Waals surface area contributed by atoms with E-state index < -0.39 is 0 Å². The van der Waals surface area contributed by atoms with Gasteiger partial charge in [0.2, 0.25) is 11.8 Å². The number of hydrogen-bond donors (Lipinski definition) is 2. The predicted octanol–water partition coefficient (Wildman–Crippen LogP) is 2.00. The minimum absolute atomic E-state index is 0.0846. The molecule has 1 aromatic carbocycles. The lowest BCUT2D eigenvalue weighted by Gasteiger charge is -2.16. The summed E-state index contributed by atoms with van der Waals surface area (Å²) in [7, 11) is 1.80. The van der Waals surface area contributed by atoms with Crippen LogP contribution in [0.25, 0.3) is 0 Å². The number of anilines is 1. The van der Waals surface area contributed by atoms with Gasteiger partial charge in [0, 0.05) is 25.7 Å². The average Bonchev–Trinajstić information content (AvgIpc) is 2.33. The number of halogens is 2. The van der Waals surface area contributed by atoms with Gasteiger partial charge in [-0.15, -0.1) is 0 Å². The fourth-order valence-electron chi connectivity index (χ4n) is 1.52. The summed E-state index contributed by atoms with van der Waals surface area (Å²) in [5.41, 5.74) is 0.597. The zero-order valence-electron chi connectivity index (χ0n) is 11.4. The molecule has 0 saturated carbocycles. The molecule has 0 aliphatic rings. The van der Waals surface area contributed by atoms with Crippen LogP contribution in [0.3, 0.4) is 0 Å². The Bertz CT molecular complexity index is 495. The molecule has 5 nitrogen and oxygen atoms in total. The monoisotopic (exact) mass is 317 g/mol. The minimum Gasteiger partial charge on any atom is -0.355 e. The van der Waals surface area contributed by atoms with Gasteiger partial charge >= 0.3 is 0 Å². The van der Waals surface area contributed by atoms with Crippen molar-refractivity contribution in [3.8, 4) is 0 Å². The lowest BCUT2D eigenvalue weighted by Crippen LogP contribution is -2.36. The van der Waals surface area contributed by atoms with Crippen LogP contribution in [0.1, 0.15) is 6.92 Å². The Labute approximate surface area is 128 Å². The van der Waals surface area contributed by atoms with Gasteiger partial charge in [0.1, 0.15) is 0 Å². The van der Waals surface area contributed by atoms with Crippen molar-refractivity contribution in [2.75, 3.05) is 32.0 Å². The minimum atomic E-state index is -0.159. The molecule has 0 aliphatic carbocycles. The molecule has 1 aromatic rings. The van der Waals surface area contributed by atoms with Gasteiger partial charge in [-0.25, -0.2) is 0 Å². The Hall–Kier alpha value is -1.30. The zero-order valence-corrected chi connectivity index (χ0v) is 12.9. The quantitative estimate of drug-likeness (QED) is 0.843. The molecule has 110 valence electrons. The van der Waals surface area contributed by atoms with Crippen molar-refractivity contribution >= 4 is 40.7 Å². The predicted molar refractivity (Wildman–Crippen MR) is 81.3 cm³/mol. The highest BCUT2D eigenvalue weighted by molar-refractivity contribution is 6.42. The van der Waals surface area contributed by atoms with Crippen LogP contribution in [0.2, 0.25) is 10.0 Å². The van der Waals surface area contributed by atoms with Gasteiger partial charge in [-0.2, -0.15) is 0 Å². The fourth-order valence-corrected chi connectivity index (χ4v) is 1.82. The fraction of sp³-hybridized carbons (Fsp3) is 0.385. The molecule has 0 unspecified atom stereocenters. The molecule has 0 bridgehead atoms. The topological polar surface area (TPSA) is 61.4 Å². The van der Waals surface area contributed by atoms with Crippen molar-refractivity contribution in [2.45, 2.75) is 6.92 Å². The molecule has 0 heterocycles. The highest BCUT2D eigenvalue weighted by atomic mass is 35.5. The molecule has 0 aliphatic heterocycles. The van der Waals surface area contributed by atoms with Gasteiger partial charge in [-0.3, -0.25) is 14.5 Å². The maximum Gasteiger partial charge on any atom is 0.238 e. The largest absolute Gasteiger partial charge is 0.355 e. The first kappa shape index (κ1) is 16.8. The molecule has 0 radical (unpaired) electrons. The second-order valence-electron chi connectivity index (χ2n) is 4.40. The van der Waals surface area contributed by atoms with E-state index in [0.717, 1.165) is 0 Å². The summed E-state index contributed by atoms with van der Waals surface area (Å²) in [6.45, 7) is 2.77. The molecular formula is C13H17Cl2N3O2. The smallest absolute Gasteiger partial charge is 0.238 e. The van der Waals surface area contributed by atoms with Gasteiger partial charge in [0.05, 0.1) is 16.6 Å². The lowest BCUT2D eigenvalue weighted by molar-refractivity contribution is -0.118. The molecule has 1 rings (SSSR count). The number of amides is 2. The van der Waals surface area contributed by atoms with Crippen LogP contribution in [0.15, 0.2) is 18.2 Å². The third-order valence-corrected chi connectivity index (χ3v) is 3.22. The van der Waals surface area contributed by atoms with E-state index in [1.807, 2.05) is 4.90 Å². The van der Waals surface area contributed by atoms with Crippen LogP contribution in [0.4, 0.5) is 5.69 Å². The van der Waals surface area contributed by atoms with Crippen LogP contribution in [0, 0.1) is 0 Å². The van der Waals surface area contributed by atoms with E-state index in [1.54, 1.807) is 25.2 Å². The molecule has 0 atom stereocenters. The maximum absolute atomic E-state index is 11.8. The first-order valence-corrected chi connectivity index (χ1v) is 6.82. The lowest BCUT2D eigenvalue weighted by atomic mass is 10.3. The van der Waals surface area contributed by atoms with E-state index in [1.165, 1.54) is 6.92 Å². The number of hydrogen-bond acceptors (Lipinski definition) is 3. The number of nitrogens with one attached hydrogen (secondary N) is 2. The zero-order chi connectivity index (χ0) is 15.1. The van der Waals surface area contributed by atoms with Crippen molar-refractivity contribution in [2.24, 2.45) is 0 Å². The highest BCUT2D eigenvalue weighted by Crippen LogP contribution is 2.24. The van der Waals surface area contributed by atoms with E-state index in [-0.39, 0.29) is 18.4 Å². The molecule has 2 amide bonds. The van der Waals surface area contributed by atoms with Crippen LogP contribution >= 0.6 is 23.2 Å². The summed E-state index contributed by atoms with van der Waals surface area (Å²) in [4.78, 5) is 24.3. The van der Waals surface area contributed by atoms with E-state index in [4.69, 9.17) is 23.2 Å². The van der Waals surface area contributed by atoms with Gasteiger partial charge in [0.15, 0.2) is 0 Å². The number of likely N-dealkylation sites (N-methyl/N-ethyl adjacent to an activating group) is 1. The summed E-state index contributed by atoms with van der Waals surface area (Å²) in [5.74, 6) is -0.243. The Morgan fingerprint density at radius 1 is 1.25 bits per heavy atom. The summed E-state index contributed by atoms with van der Waals surface area (Å²) < 4.78 is 0. The maximum atomic E-state index is 11.8. The van der Waals surface area contributed by atoms with E-state index in [0.29, 0.717) is 28.8 Å². The number of carbonyl (C=O) groups is 2. The first-order valence-electron chi connectivity index (χ1n) is 6.06. The number of carbonyl (C=O) groups excluding carboxylic acids is 2. The van der Waals surface area contributed by atoms with Crippen molar-refractivity contribution in [3.63, 3.8) is 0 Å². The second-order valence-corrected chi connectivity index (χ2v) is 5.21. The van der Waals surface area contributed by atoms with Crippen LogP contribution in [-0.2, 0) is 9.59 Å². The molecule has 2 N–H and O–H groups in total. The Morgan fingerprint density at radius 3 is 2.55 bits per heavy atom. The van der Waals surface area contributed by atoms with Gasteiger partial charge in [-0.1, -0.05) is 23.2 Å². The molecule has 0 fully saturated rings. The van der Waals surface area contributed by atoms with Crippen molar-refractivity contribution in [1.82, 2.24) is 10.2 Å². The third kappa shape index (κ3) is 6.23. The Morgan fingerprint density at radius 2 is 1.95 bits per heavy atom. The summed E-state index contributed by atoms with van der Waals surface area (Å²) in [5, 5.41) is 6.23. The number of benzene rings is 1. The molecule has 7 heteroatoms. The highest BCUT2D eigenvalue weighted by Gasteiger charge is 2.08. The standard InChI is InChI=1S/C13H17Cl2N3O2/c1-9(19)16-5-6-18(2)8-13(20)17-10-3-4-11(14)12(15)7-10/h3-4,7H,5-6,8H2,1-2H3,(H,16,19)(H,17,20). The Kier molecular flexibility index (Phi) is 6.78. The van der Waals surface area contributed by atoms with Gasteiger partial charge in [-0.05, 0) is 25.2 Å². The molecule has 20 heavy (non-hydrogen) atoms. The average molecular weight is 318 g/mol. The summed E-state index contributed by atoms with van der Waals surface area (Å²) in [6, 6.07) is 4.91. The van der Waals surface area contributed by atoms with Crippen LogP contribution in [-0.4, -0.2) is 43.4 Å². The second kappa shape index (κ2) is 8.09. The summed E-state index contributed by atoms with van der Waals surface area (Å²) in [6.07, 6.45) is 0. The van der Waals surface area contributed by atoms with Crippen molar-refractivity contribution in [1.29, 1.82) is 0 Å². The first-order chi connectivity index (χ1) is 9.38. The van der Waals surface area contributed by atoms with Gasteiger partial charge < -0.3 is 10.6 Å². The Balaban J connectivity index is 2.38. The van der Waals surface area contributed by atoms with Crippen LogP contribution < -0.4 is 10.6 Å². The number of nitrogens with zero attached hydrogens (tertiary/aromatic N) is 1. The molecule has 0 aromatic heterocycles. The molecule has 0 spiro atoms.